The number of benzene rings is 1. The summed E-state index contributed by atoms with van der Waals surface area (Å²) < 4.78 is 7.58. The van der Waals surface area contributed by atoms with Crippen LogP contribution in [0.25, 0.3) is 11.2 Å². The van der Waals surface area contributed by atoms with E-state index >= 15 is 0 Å². The van der Waals surface area contributed by atoms with Crippen molar-refractivity contribution in [2.24, 2.45) is 0 Å². The van der Waals surface area contributed by atoms with Crippen molar-refractivity contribution >= 4 is 28.7 Å². The van der Waals surface area contributed by atoms with Crippen LogP contribution >= 0.6 is 11.6 Å². The lowest BCUT2D eigenvalue weighted by atomic mass is 10.1. The summed E-state index contributed by atoms with van der Waals surface area (Å²) in [6.07, 6.45) is 7.51. The first-order valence-electron chi connectivity index (χ1n) is 10.2. The normalized spacial score (nSPS) is 17.6. The van der Waals surface area contributed by atoms with E-state index in [0.29, 0.717) is 23.2 Å². The van der Waals surface area contributed by atoms with Crippen molar-refractivity contribution in [2.45, 2.75) is 44.3 Å². The van der Waals surface area contributed by atoms with Crippen molar-refractivity contribution in [3.8, 4) is 0 Å². The Morgan fingerprint density at radius 3 is 2.72 bits per heavy atom. The third-order valence-corrected chi connectivity index (χ3v) is 6.16. The summed E-state index contributed by atoms with van der Waals surface area (Å²) in [5, 5.41) is 0.690. The van der Waals surface area contributed by atoms with Gasteiger partial charge < -0.3 is 14.2 Å². The van der Waals surface area contributed by atoms with Crippen molar-refractivity contribution in [2.75, 3.05) is 13.2 Å². The summed E-state index contributed by atoms with van der Waals surface area (Å²) in [6, 6.07) is 10.2. The lowest BCUT2D eigenvalue weighted by Gasteiger charge is -2.24. The fourth-order valence-corrected chi connectivity index (χ4v) is 4.19. The monoisotopic (exact) mass is 410 g/mol. The highest BCUT2D eigenvalue weighted by atomic mass is 35.5. The van der Waals surface area contributed by atoms with Gasteiger partial charge in [0, 0.05) is 43.1 Å². The summed E-state index contributed by atoms with van der Waals surface area (Å²) >= 11 is 6.33. The van der Waals surface area contributed by atoms with Crippen molar-refractivity contribution in [1.29, 1.82) is 0 Å². The zero-order valence-corrected chi connectivity index (χ0v) is 16.9. The van der Waals surface area contributed by atoms with Crippen LogP contribution in [0, 0.1) is 0 Å². The van der Waals surface area contributed by atoms with Crippen LogP contribution in [-0.2, 0) is 11.3 Å². The van der Waals surface area contributed by atoms with Crippen molar-refractivity contribution < 1.29 is 9.53 Å². The number of fused-ring (bicyclic) bond motifs is 1. The van der Waals surface area contributed by atoms with E-state index in [1.807, 2.05) is 41.6 Å². The van der Waals surface area contributed by atoms with E-state index in [2.05, 4.69) is 14.5 Å². The molecular weight excluding hydrogens is 388 g/mol. The highest BCUT2D eigenvalue weighted by Gasteiger charge is 2.33. The standard InChI is InChI=1S/C22H23ClN4O2/c23-19-4-2-1-3-15(19)13-26(17-5-6-17)22(28)16-11-20-21(24-12-16)27(14-25-20)18-7-9-29-10-8-18/h1-4,11-12,14,17-18H,5-10,13H2. The first-order valence-corrected chi connectivity index (χ1v) is 10.5. The van der Waals surface area contributed by atoms with Crippen molar-refractivity contribution in [1.82, 2.24) is 19.4 Å². The maximum absolute atomic E-state index is 13.3. The Morgan fingerprint density at radius 2 is 1.97 bits per heavy atom. The van der Waals surface area contributed by atoms with Crippen LogP contribution in [0.4, 0.5) is 0 Å². The van der Waals surface area contributed by atoms with Gasteiger partial charge in [-0.2, -0.15) is 0 Å². The van der Waals surface area contributed by atoms with Gasteiger partial charge in [-0.3, -0.25) is 4.79 Å². The molecule has 3 aromatic rings. The number of rotatable bonds is 5. The van der Waals surface area contributed by atoms with Gasteiger partial charge in [0.05, 0.1) is 11.9 Å². The van der Waals surface area contributed by atoms with E-state index in [1.165, 1.54) is 0 Å². The van der Waals surface area contributed by atoms with Crippen LogP contribution in [0.2, 0.25) is 5.02 Å². The first-order chi connectivity index (χ1) is 14.2. The third kappa shape index (κ3) is 3.74. The summed E-state index contributed by atoms with van der Waals surface area (Å²) in [6.45, 7) is 2.04. The number of ether oxygens (including phenoxy) is 1. The molecule has 1 saturated heterocycles. The molecule has 150 valence electrons. The number of aromatic nitrogens is 3. The molecule has 1 saturated carbocycles. The molecule has 2 aliphatic rings. The zero-order chi connectivity index (χ0) is 19.8. The van der Waals surface area contributed by atoms with Gasteiger partial charge in [0.2, 0.25) is 0 Å². The van der Waals surface area contributed by atoms with Crippen LogP contribution in [0.3, 0.4) is 0 Å². The Morgan fingerprint density at radius 1 is 1.17 bits per heavy atom. The number of amides is 1. The van der Waals surface area contributed by atoms with Crippen LogP contribution in [0.5, 0.6) is 0 Å². The molecule has 0 bridgehead atoms. The molecule has 7 heteroatoms. The minimum absolute atomic E-state index is 0.0116. The molecular formula is C22H23ClN4O2. The number of carbonyl (C=O) groups is 1. The first kappa shape index (κ1) is 18.6. The van der Waals surface area contributed by atoms with E-state index in [4.69, 9.17) is 16.3 Å². The molecule has 29 heavy (non-hydrogen) atoms. The minimum atomic E-state index is -0.0116. The molecule has 1 aliphatic carbocycles. The van der Waals surface area contributed by atoms with Crippen LogP contribution < -0.4 is 0 Å². The van der Waals surface area contributed by atoms with Gasteiger partial charge >= 0.3 is 0 Å². The van der Waals surface area contributed by atoms with Gasteiger partial charge in [-0.05, 0) is 43.4 Å². The Bertz CT molecular complexity index is 1040. The van der Waals surface area contributed by atoms with Crippen molar-refractivity contribution in [3.05, 3.63) is 59.0 Å². The molecule has 2 aromatic heterocycles. The SMILES string of the molecule is O=C(c1cnc2c(c1)ncn2C1CCOCC1)N(Cc1ccccc1Cl)C1CC1. The zero-order valence-electron chi connectivity index (χ0n) is 16.1. The molecule has 0 unspecified atom stereocenters. The lowest BCUT2D eigenvalue weighted by molar-refractivity contribution is 0.0704. The summed E-state index contributed by atoms with van der Waals surface area (Å²) in [5.41, 5.74) is 3.13. The second-order valence-electron chi connectivity index (χ2n) is 7.82. The van der Waals surface area contributed by atoms with E-state index < -0.39 is 0 Å². The maximum Gasteiger partial charge on any atom is 0.256 e. The van der Waals surface area contributed by atoms with E-state index in [-0.39, 0.29) is 11.9 Å². The van der Waals surface area contributed by atoms with Crippen molar-refractivity contribution in [3.63, 3.8) is 0 Å². The topological polar surface area (TPSA) is 60.3 Å². The Kier molecular flexibility index (Phi) is 4.97. The third-order valence-electron chi connectivity index (χ3n) is 5.79. The van der Waals surface area contributed by atoms with Gasteiger partial charge in [0.15, 0.2) is 5.65 Å². The summed E-state index contributed by atoms with van der Waals surface area (Å²) in [4.78, 5) is 24.3. The van der Waals surface area contributed by atoms with Crippen LogP contribution in [0.15, 0.2) is 42.9 Å². The fourth-order valence-electron chi connectivity index (χ4n) is 4.00. The molecule has 1 aromatic carbocycles. The number of halogens is 1. The average Bonchev–Trinajstić information content (AvgIpc) is 3.51. The summed E-state index contributed by atoms with van der Waals surface area (Å²) in [5.74, 6) is -0.0116. The smallest absolute Gasteiger partial charge is 0.256 e. The van der Waals surface area contributed by atoms with Crippen LogP contribution in [-0.4, -0.2) is 44.6 Å². The van der Waals surface area contributed by atoms with E-state index in [9.17, 15) is 4.79 Å². The molecule has 0 atom stereocenters. The number of hydrogen-bond acceptors (Lipinski definition) is 4. The quantitative estimate of drug-likeness (QED) is 0.631. The Labute approximate surface area is 174 Å². The molecule has 6 nitrogen and oxygen atoms in total. The van der Waals surface area contributed by atoms with Gasteiger partial charge in [0.25, 0.3) is 5.91 Å². The lowest BCUT2D eigenvalue weighted by Crippen LogP contribution is -2.32. The second kappa shape index (κ2) is 7.76. The predicted octanol–water partition coefficient (Wildman–Crippen LogP) is 4.24. The predicted molar refractivity (Wildman–Crippen MR) is 111 cm³/mol. The van der Waals surface area contributed by atoms with Gasteiger partial charge in [-0.25, -0.2) is 9.97 Å². The molecule has 3 heterocycles. The van der Waals surface area contributed by atoms with Gasteiger partial charge in [-0.1, -0.05) is 29.8 Å². The highest BCUT2D eigenvalue weighted by Crippen LogP contribution is 2.32. The number of carbonyl (C=O) groups excluding carboxylic acids is 1. The van der Waals surface area contributed by atoms with Crippen LogP contribution in [0.1, 0.15) is 47.6 Å². The summed E-state index contributed by atoms with van der Waals surface area (Å²) in [7, 11) is 0. The molecule has 0 radical (unpaired) electrons. The molecule has 1 amide bonds. The fraction of sp³-hybridized carbons (Fsp3) is 0.409. The number of pyridine rings is 1. The molecule has 0 N–H and O–H groups in total. The second-order valence-corrected chi connectivity index (χ2v) is 8.22. The molecule has 2 fully saturated rings. The molecule has 5 rings (SSSR count). The van der Waals surface area contributed by atoms with E-state index in [0.717, 1.165) is 55.6 Å². The molecule has 0 spiro atoms. The highest BCUT2D eigenvalue weighted by molar-refractivity contribution is 6.31. The number of nitrogens with zero attached hydrogens (tertiary/aromatic N) is 4. The number of hydrogen-bond donors (Lipinski definition) is 0. The minimum Gasteiger partial charge on any atom is -0.381 e. The van der Waals surface area contributed by atoms with Gasteiger partial charge in [0.1, 0.15) is 5.52 Å². The number of imidazole rings is 1. The maximum atomic E-state index is 13.3. The van der Waals surface area contributed by atoms with Gasteiger partial charge in [-0.15, -0.1) is 0 Å². The van der Waals surface area contributed by atoms with E-state index in [1.54, 1.807) is 6.20 Å². The Balaban J connectivity index is 1.41. The largest absolute Gasteiger partial charge is 0.381 e. The molecule has 1 aliphatic heterocycles. The Hall–Kier alpha value is -2.44. The average molecular weight is 411 g/mol.